The molecule has 106 valence electrons. The molecule has 1 aliphatic rings. The molecule has 2 rings (SSSR count). The van der Waals surface area contributed by atoms with Crippen molar-refractivity contribution in [3.63, 3.8) is 0 Å². The number of hydrogen-bond donors (Lipinski definition) is 1. The summed E-state index contributed by atoms with van der Waals surface area (Å²) in [6, 6.07) is 0.352. The van der Waals surface area contributed by atoms with Gasteiger partial charge in [-0.05, 0) is 33.6 Å². The van der Waals surface area contributed by atoms with Gasteiger partial charge in [0.15, 0.2) is 0 Å². The number of rotatable bonds is 4. The van der Waals surface area contributed by atoms with Gasteiger partial charge < -0.3 is 15.1 Å². The molecule has 1 fully saturated rings. The third kappa shape index (κ3) is 2.68. The van der Waals surface area contributed by atoms with Gasteiger partial charge in [-0.3, -0.25) is 4.79 Å². The Kier molecular flexibility index (Phi) is 4.30. The first-order valence-corrected chi connectivity index (χ1v) is 7.14. The van der Waals surface area contributed by atoms with Crippen LogP contribution in [0.25, 0.3) is 0 Å². The fourth-order valence-electron chi connectivity index (χ4n) is 3.06. The molecule has 0 bridgehead atoms. The molecule has 1 aromatic heterocycles. The first-order valence-electron chi connectivity index (χ1n) is 7.14. The standard InChI is InChI=1S/C15H24N2O2/c1-10-11(2)19-12(3)14(10)15(18)17(9-8-16)13-6-4-5-7-13/h13H,4-9,16H2,1-3H3. The van der Waals surface area contributed by atoms with E-state index in [-0.39, 0.29) is 5.91 Å². The molecule has 0 aliphatic heterocycles. The largest absolute Gasteiger partial charge is 0.466 e. The maximum Gasteiger partial charge on any atom is 0.257 e. The Morgan fingerprint density at radius 3 is 2.37 bits per heavy atom. The Labute approximate surface area is 114 Å². The van der Waals surface area contributed by atoms with Crippen LogP contribution in [-0.2, 0) is 0 Å². The summed E-state index contributed by atoms with van der Waals surface area (Å²) in [7, 11) is 0. The average Bonchev–Trinajstić information content (AvgIpc) is 2.96. The van der Waals surface area contributed by atoms with Gasteiger partial charge in [0, 0.05) is 24.7 Å². The van der Waals surface area contributed by atoms with E-state index in [1.54, 1.807) is 0 Å². The number of aryl methyl sites for hydroxylation is 2. The van der Waals surface area contributed by atoms with Crippen LogP contribution in [0.1, 0.15) is 53.1 Å². The molecule has 4 nitrogen and oxygen atoms in total. The molecule has 0 aromatic carbocycles. The lowest BCUT2D eigenvalue weighted by Crippen LogP contribution is -2.42. The molecule has 19 heavy (non-hydrogen) atoms. The predicted molar refractivity (Wildman–Crippen MR) is 75.3 cm³/mol. The van der Waals surface area contributed by atoms with Gasteiger partial charge in [0.2, 0.25) is 0 Å². The maximum atomic E-state index is 12.8. The smallest absolute Gasteiger partial charge is 0.257 e. The lowest BCUT2D eigenvalue weighted by atomic mass is 10.1. The van der Waals surface area contributed by atoms with Gasteiger partial charge in [0.05, 0.1) is 5.56 Å². The van der Waals surface area contributed by atoms with Gasteiger partial charge in [-0.25, -0.2) is 0 Å². The van der Waals surface area contributed by atoms with Crippen LogP contribution in [0, 0.1) is 20.8 Å². The first kappa shape index (κ1) is 14.1. The summed E-state index contributed by atoms with van der Waals surface area (Å²) in [5.74, 6) is 1.64. The summed E-state index contributed by atoms with van der Waals surface area (Å²) in [6.07, 6.45) is 4.62. The van der Waals surface area contributed by atoms with Crippen LogP contribution in [0.4, 0.5) is 0 Å². The molecule has 1 aliphatic carbocycles. The van der Waals surface area contributed by atoms with Crippen LogP contribution in [0.2, 0.25) is 0 Å². The van der Waals surface area contributed by atoms with Crippen LogP contribution in [0.5, 0.6) is 0 Å². The van der Waals surface area contributed by atoms with Crippen LogP contribution < -0.4 is 5.73 Å². The molecule has 0 unspecified atom stereocenters. The highest BCUT2D eigenvalue weighted by Crippen LogP contribution is 2.28. The zero-order chi connectivity index (χ0) is 14.0. The van der Waals surface area contributed by atoms with E-state index in [1.807, 2.05) is 25.7 Å². The SMILES string of the molecule is Cc1oc(C)c(C(=O)N(CCN)C2CCCC2)c1C. The van der Waals surface area contributed by atoms with Crippen molar-refractivity contribution in [3.05, 3.63) is 22.6 Å². The van der Waals surface area contributed by atoms with Crippen molar-refractivity contribution in [2.75, 3.05) is 13.1 Å². The van der Waals surface area contributed by atoms with Crippen molar-refractivity contribution < 1.29 is 9.21 Å². The second-order valence-electron chi connectivity index (χ2n) is 5.44. The minimum absolute atomic E-state index is 0.0872. The molecule has 1 amide bonds. The van der Waals surface area contributed by atoms with Crippen LogP contribution in [0.15, 0.2) is 4.42 Å². The number of amides is 1. The third-order valence-electron chi connectivity index (χ3n) is 4.17. The van der Waals surface area contributed by atoms with E-state index in [4.69, 9.17) is 10.2 Å². The predicted octanol–water partition coefficient (Wildman–Crippen LogP) is 2.55. The van der Waals surface area contributed by atoms with Crippen molar-refractivity contribution in [3.8, 4) is 0 Å². The molecule has 0 spiro atoms. The average molecular weight is 264 g/mol. The topological polar surface area (TPSA) is 59.5 Å². The van der Waals surface area contributed by atoms with Gasteiger partial charge in [-0.2, -0.15) is 0 Å². The number of carbonyl (C=O) groups is 1. The van der Waals surface area contributed by atoms with Gasteiger partial charge in [0.25, 0.3) is 5.91 Å². The molecule has 1 aromatic rings. The summed E-state index contributed by atoms with van der Waals surface area (Å²) in [6.45, 7) is 6.86. The van der Waals surface area contributed by atoms with Crippen LogP contribution >= 0.6 is 0 Å². The molecule has 0 radical (unpaired) electrons. The number of hydrogen-bond acceptors (Lipinski definition) is 3. The summed E-state index contributed by atoms with van der Waals surface area (Å²) >= 11 is 0. The Morgan fingerprint density at radius 1 is 1.26 bits per heavy atom. The van der Waals surface area contributed by atoms with Crippen LogP contribution in [0.3, 0.4) is 0 Å². The summed E-state index contributed by atoms with van der Waals surface area (Å²) in [5, 5.41) is 0. The summed E-state index contributed by atoms with van der Waals surface area (Å²) in [4.78, 5) is 14.7. The number of nitrogens with two attached hydrogens (primary N) is 1. The lowest BCUT2D eigenvalue weighted by molar-refractivity contribution is 0.0685. The molecule has 1 saturated carbocycles. The third-order valence-corrected chi connectivity index (χ3v) is 4.17. The maximum absolute atomic E-state index is 12.8. The van der Waals surface area contributed by atoms with Crippen molar-refractivity contribution in [1.29, 1.82) is 0 Å². The summed E-state index contributed by atoms with van der Waals surface area (Å²) < 4.78 is 5.58. The highest BCUT2D eigenvalue weighted by Gasteiger charge is 2.30. The van der Waals surface area contributed by atoms with Gasteiger partial charge in [0.1, 0.15) is 11.5 Å². The minimum atomic E-state index is 0.0872. The highest BCUT2D eigenvalue weighted by molar-refractivity contribution is 5.97. The lowest BCUT2D eigenvalue weighted by Gasteiger charge is -2.28. The van der Waals surface area contributed by atoms with E-state index < -0.39 is 0 Å². The number of carbonyl (C=O) groups excluding carboxylic acids is 1. The number of nitrogens with zero attached hydrogens (tertiary/aromatic N) is 1. The van der Waals surface area contributed by atoms with Crippen molar-refractivity contribution in [2.24, 2.45) is 5.73 Å². The van der Waals surface area contributed by atoms with Crippen molar-refractivity contribution in [1.82, 2.24) is 4.90 Å². The molecular weight excluding hydrogens is 240 g/mol. The highest BCUT2D eigenvalue weighted by atomic mass is 16.3. The Hall–Kier alpha value is -1.29. The van der Waals surface area contributed by atoms with Gasteiger partial charge in [-0.15, -0.1) is 0 Å². The van der Waals surface area contributed by atoms with E-state index in [0.717, 1.165) is 35.5 Å². The molecule has 4 heteroatoms. The molecular formula is C15H24N2O2. The Morgan fingerprint density at radius 2 is 1.89 bits per heavy atom. The van der Waals surface area contributed by atoms with E-state index in [9.17, 15) is 4.79 Å². The monoisotopic (exact) mass is 264 g/mol. The molecule has 1 heterocycles. The van der Waals surface area contributed by atoms with E-state index in [1.165, 1.54) is 12.8 Å². The van der Waals surface area contributed by atoms with E-state index in [0.29, 0.717) is 19.1 Å². The molecule has 0 saturated heterocycles. The normalized spacial score (nSPS) is 16.0. The summed E-state index contributed by atoms with van der Waals surface area (Å²) in [5.41, 5.74) is 7.37. The zero-order valence-electron chi connectivity index (χ0n) is 12.2. The fourth-order valence-corrected chi connectivity index (χ4v) is 3.06. The van der Waals surface area contributed by atoms with Crippen molar-refractivity contribution >= 4 is 5.91 Å². The zero-order valence-corrected chi connectivity index (χ0v) is 12.2. The van der Waals surface area contributed by atoms with Gasteiger partial charge in [-0.1, -0.05) is 12.8 Å². The molecule has 2 N–H and O–H groups in total. The molecule has 0 atom stereocenters. The Balaban J connectivity index is 2.28. The second-order valence-corrected chi connectivity index (χ2v) is 5.44. The second kappa shape index (κ2) is 5.78. The van der Waals surface area contributed by atoms with E-state index >= 15 is 0 Å². The van der Waals surface area contributed by atoms with Crippen molar-refractivity contribution in [2.45, 2.75) is 52.5 Å². The Bertz CT molecular complexity index is 459. The van der Waals surface area contributed by atoms with Crippen LogP contribution in [-0.4, -0.2) is 29.9 Å². The number of furan rings is 1. The fraction of sp³-hybridized carbons (Fsp3) is 0.667. The minimum Gasteiger partial charge on any atom is -0.466 e. The first-order chi connectivity index (χ1) is 9.06. The van der Waals surface area contributed by atoms with Gasteiger partial charge >= 0.3 is 0 Å². The quantitative estimate of drug-likeness (QED) is 0.909. The van der Waals surface area contributed by atoms with E-state index in [2.05, 4.69) is 0 Å².